The molecule has 0 aromatic heterocycles. The molecule has 0 saturated heterocycles. The van der Waals surface area contributed by atoms with Crippen LogP contribution >= 0.6 is 0 Å². The maximum absolute atomic E-state index is 11.4. The van der Waals surface area contributed by atoms with E-state index < -0.39 is 18.1 Å². The Morgan fingerprint density at radius 3 is 2.28 bits per heavy atom. The average Bonchev–Trinajstić information content (AvgIpc) is 2.34. The molecule has 0 aliphatic rings. The van der Waals surface area contributed by atoms with Crippen LogP contribution in [0.2, 0.25) is 0 Å². The third-order valence-electron chi connectivity index (χ3n) is 2.57. The predicted octanol–water partition coefficient (Wildman–Crippen LogP) is -1.14. The van der Waals surface area contributed by atoms with Crippen molar-refractivity contribution in [2.45, 2.75) is 44.2 Å². The molecule has 1 unspecified atom stereocenters. The first-order valence-electron chi connectivity index (χ1n) is 6.11. The van der Waals surface area contributed by atoms with Gasteiger partial charge in [0.1, 0.15) is 6.04 Å². The van der Waals surface area contributed by atoms with Crippen LogP contribution in [0.5, 0.6) is 0 Å². The molecule has 0 aromatic carbocycles. The molecule has 0 saturated carbocycles. The van der Waals surface area contributed by atoms with E-state index >= 15 is 0 Å². The summed E-state index contributed by atoms with van der Waals surface area (Å²) in [6.07, 6.45) is 2.65. The zero-order valence-electron chi connectivity index (χ0n) is 10.5. The first kappa shape index (κ1) is 16.8. The largest absolute Gasteiger partial charge is 0.480 e. The minimum absolute atomic E-state index is 0.0219. The van der Waals surface area contributed by atoms with Gasteiger partial charge in [0.2, 0.25) is 5.91 Å². The van der Waals surface area contributed by atoms with Crippen molar-refractivity contribution in [1.29, 1.82) is 0 Å². The van der Waals surface area contributed by atoms with Gasteiger partial charge in [-0.3, -0.25) is 9.59 Å². The van der Waals surface area contributed by atoms with E-state index in [9.17, 15) is 9.59 Å². The average molecular weight is 258 g/mol. The highest BCUT2D eigenvalue weighted by Crippen LogP contribution is 1.99. The van der Waals surface area contributed by atoms with Crippen LogP contribution in [0.4, 0.5) is 0 Å². The van der Waals surface area contributed by atoms with Crippen molar-refractivity contribution in [3.63, 3.8) is 0 Å². The van der Waals surface area contributed by atoms with Crippen molar-refractivity contribution >= 4 is 11.9 Å². The number of carboxylic acid groups (broad SMARTS) is 1. The highest BCUT2D eigenvalue weighted by atomic mass is 16.4. The van der Waals surface area contributed by atoms with Gasteiger partial charge in [0.05, 0.1) is 6.04 Å². The lowest BCUT2D eigenvalue weighted by Gasteiger charge is -2.11. The van der Waals surface area contributed by atoms with E-state index in [1.165, 1.54) is 0 Å². The zero-order valence-corrected chi connectivity index (χ0v) is 10.5. The normalized spacial score (nSPS) is 13.9. The SMILES string of the molecule is [N]CCCC(N)C(=O)NCCCC[C@H](N)C(=O)O. The molecule has 0 heterocycles. The van der Waals surface area contributed by atoms with Crippen molar-refractivity contribution in [2.24, 2.45) is 11.5 Å². The van der Waals surface area contributed by atoms with E-state index in [2.05, 4.69) is 5.32 Å². The number of unbranched alkanes of at least 4 members (excludes halogenated alkanes) is 1. The van der Waals surface area contributed by atoms with Gasteiger partial charge in [-0.1, -0.05) is 0 Å². The van der Waals surface area contributed by atoms with Crippen LogP contribution in [0.25, 0.3) is 0 Å². The fourth-order valence-electron chi connectivity index (χ4n) is 1.40. The van der Waals surface area contributed by atoms with E-state index in [-0.39, 0.29) is 12.5 Å². The second kappa shape index (κ2) is 9.81. The number of aliphatic carboxylic acids is 1. The van der Waals surface area contributed by atoms with Gasteiger partial charge in [0.25, 0.3) is 0 Å². The van der Waals surface area contributed by atoms with E-state index in [0.717, 1.165) is 0 Å². The second-order valence-electron chi connectivity index (χ2n) is 4.20. The van der Waals surface area contributed by atoms with Gasteiger partial charge < -0.3 is 21.9 Å². The molecule has 0 fully saturated rings. The van der Waals surface area contributed by atoms with E-state index in [4.69, 9.17) is 22.3 Å². The maximum Gasteiger partial charge on any atom is 0.320 e. The number of amides is 1. The van der Waals surface area contributed by atoms with Crippen LogP contribution in [0, 0.1) is 0 Å². The van der Waals surface area contributed by atoms with Gasteiger partial charge in [-0.05, 0) is 32.1 Å². The first-order valence-corrected chi connectivity index (χ1v) is 6.11. The predicted molar refractivity (Wildman–Crippen MR) is 66.7 cm³/mol. The monoisotopic (exact) mass is 258 g/mol. The van der Waals surface area contributed by atoms with Crippen molar-refractivity contribution in [3.05, 3.63) is 0 Å². The highest BCUT2D eigenvalue weighted by Gasteiger charge is 2.13. The fourth-order valence-corrected chi connectivity index (χ4v) is 1.40. The minimum Gasteiger partial charge on any atom is -0.480 e. The Morgan fingerprint density at radius 2 is 1.72 bits per heavy atom. The number of nitrogens with zero attached hydrogens (tertiary/aromatic N) is 1. The van der Waals surface area contributed by atoms with Crippen molar-refractivity contribution in [2.75, 3.05) is 13.1 Å². The smallest absolute Gasteiger partial charge is 0.320 e. The molecule has 0 aromatic rings. The van der Waals surface area contributed by atoms with Crippen molar-refractivity contribution in [1.82, 2.24) is 11.1 Å². The summed E-state index contributed by atoms with van der Waals surface area (Å²) in [4.78, 5) is 21.8. The van der Waals surface area contributed by atoms with Gasteiger partial charge in [-0.25, -0.2) is 0 Å². The van der Waals surface area contributed by atoms with Crippen LogP contribution in [0.15, 0.2) is 0 Å². The van der Waals surface area contributed by atoms with E-state index in [1.54, 1.807) is 0 Å². The Bertz CT molecular complexity index is 261. The molecule has 18 heavy (non-hydrogen) atoms. The van der Waals surface area contributed by atoms with Crippen LogP contribution in [0.3, 0.4) is 0 Å². The molecular formula is C11H22N4O3. The summed E-state index contributed by atoms with van der Waals surface area (Å²) >= 11 is 0. The van der Waals surface area contributed by atoms with Crippen molar-refractivity contribution < 1.29 is 14.7 Å². The molecule has 0 aliphatic carbocycles. The summed E-state index contributed by atoms with van der Waals surface area (Å²) in [5.41, 5.74) is 19.5. The molecule has 0 aliphatic heterocycles. The van der Waals surface area contributed by atoms with Crippen LogP contribution in [-0.4, -0.2) is 42.2 Å². The third kappa shape index (κ3) is 7.99. The highest BCUT2D eigenvalue weighted by molar-refractivity contribution is 5.81. The molecule has 0 rings (SSSR count). The lowest BCUT2D eigenvalue weighted by Crippen LogP contribution is -2.41. The van der Waals surface area contributed by atoms with E-state index in [0.29, 0.717) is 38.6 Å². The van der Waals surface area contributed by atoms with Crippen LogP contribution in [0.1, 0.15) is 32.1 Å². The van der Waals surface area contributed by atoms with Crippen LogP contribution in [-0.2, 0) is 9.59 Å². The number of rotatable bonds is 10. The second-order valence-corrected chi connectivity index (χ2v) is 4.20. The standard InChI is InChI=1S/C11H22N4O3/c12-6-3-5-8(13)10(16)15-7-2-1-4-9(14)11(17)18/h8-9H,1-7,13-14H2,(H,15,16)(H,17,18)/t8?,9-/m0/s1. The summed E-state index contributed by atoms with van der Waals surface area (Å²) in [6.45, 7) is 0.478. The molecule has 0 spiro atoms. The number of carbonyl (C=O) groups excluding carboxylic acids is 1. The lowest BCUT2D eigenvalue weighted by atomic mass is 10.1. The molecule has 2 radical (unpaired) electrons. The molecule has 7 heteroatoms. The van der Waals surface area contributed by atoms with Gasteiger partial charge in [-0.2, -0.15) is 0 Å². The number of carboxylic acids is 1. The number of carbonyl (C=O) groups is 2. The molecule has 104 valence electrons. The molecule has 2 atom stereocenters. The maximum atomic E-state index is 11.4. The van der Waals surface area contributed by atoms with Gasteiger partial charge >= 0.3 is 5.97 Å². The molecule has 6 N–H and O–H groups in total. The molecule has 0 bridgehead atoms. The number of hydrogen-bond acceptors (Lipinski definition) is 4. The molecule has 7 nitrogen and oxygen atoms in total. The van der Waals surface area contributed by atoms with E-state index in [1.807, 2.05) is 0 Å². The molecule has 1 amide bonds. The Morgan fingerprint density at radius 1 is 1.11 bits per heavy atom. The molecular weight excluding hydrogens is 236 g/mol. The first-order chi connectivity index (χ1) is 8.49. The Kier molecular flexibility index (Phi) is 9.17. The van der Waals surface area contributed by atoms with Gasteiger partial charge in [-0.15, -0.1) is 5.73 Å². The number of nitrogens with one attached hydrogen (secondary N) is 1. The number of nitrogens with two attached hydrogens (primary N) is 2. The van der Waals surface area contributed by atoms with Gasteiger partial charge in [0.15, 0.2) is 0 Å². The summed E-state index contributed by atoms with van der Waals surface area (Å²) in [7, 11) is 0. The third-order valence-corrected chi connectivity index (χ3v) is 2.57. The Hall–Kier alpha value is -1.18. The Balaban J connectivity index is 3.54. The summed E-state index contributed by atoms with van der Waals surface area (Å²) in [5.74, 6) is -1.25. The summed E-state index contributed by atoms with van der Waals surface area (Å²) in [6, 6.07) is -1.44. The fraction of sp³-hybridized carbons (Fsp3) is 0.818. The topological polar surface area (TPSA) is 141 Å². The Labute approximate surface area is 107 Å². The van der Waals surface area contributed by atoms with Gasteiger partial charge in [0, 0.05) is 13.1 Å². The van der Waals surface area contributed by atoms with Crippen LogP contribution < -0.4 is 22.5 Å². The van der Waals surface area contributed by atoms with Crippen molar-refractivity contribution in [3.8, 4) is 0 Å². The quantitative estimate of drug-likeness (QED) is 0.366. The lowest BCUT2D eigenvalue weighted by molar-refractivity contribution is -0.138. The number of hydrogen-bond donors (Lipinski definition) is 4. The summed E-state index contributed by atoms with van der Waals surface area (Å²) < 4.78 is 0. The zero-order chi connectivity index (χ0) is 14.0. The summed E-state index contributed by atoms with van der Waals surface area (Å²) in [5, 5.41) is 11.2. The minimum atomic E-state index is -1.01.